The number of amides is 2. The van der Waals surface area contributed by atoms with Crippen LogP contribution in [-0.4, -0.2) is 51.5 Å². The van der Waals surface area contributed by atoms with Crippen LogP contribution in [0, 0.1) is 5.82 Å². The maximum absolute atomic E-state index is 15.1. The van der Waals surface area contributed by atoms with Crippen LogP contribution < -0.4 is 10.2 Å². The number of nitrogens with zero attached hydrogens (tertiary/aromatic N) is 4. The van der Waals surface area contributed by atoms with Gasteiger partial charge >= 0.3 is 6.09 Å². The van der Waals surface area contributed by atoms with Crippen LogP contribution in [0.4, 0.5) is 14.9 Å². The van der Waals surface area contributed by atoms with Crippen LogP contribution in [0.15, 0.2) is 42.6 Å². The largest absolute Gasteiger partial charge is 0.442 e. The zero-order valence-electron chi connectivity index (χ0n) is 18.0. The van der Waals surface area contributed by atoms with Gasteiger partial charge in [-0.15, -0.1) is 0 Å². The standard InChI is InChI=1S/C23H23FN6O3/c1-14(31)25-9-20-13-30(23(32)33-20)19-4-5-21(22(24)7-19)15-2-3-16-10-29(11-17(16)6-15)12-18-8-26-28-27-18/h2-8,20H,9-13H2,1H3,(H,25,31)(H,26,27,28)/t20-/m0/s1. The number of nitrogens with one attached hydrogen (secondary N) is 2. The molecule has 2 aromatic carbocycles. The Hall–Kier alpha value is -3.79. The SMILES string of the molecule is CC(=O)NC[C@H]1CN(c2ccc(-c3ccc4c(c3)CN(Cc3cn[nH]n3)C4)c(F)c2)C(=O)O1. The number of hydrogen-bond acceptors (Lipinski definition) is 6. The third kappa shape index (κ3) is 4.42. The van der Waals surface area contributed by atoms with Crippen molar-refractivity contribution in [1.82, 2.24) is 25.6 Å². The monoisotopic (exact) mass is 450 g/mol. The van der Waals surface area contributed by atoms with Crippen LogP contribution in [0.3, 0.4) is 0 Å². The number of carbonyl (C=O) groups is 2. The van der Waals surface area contributed by atoms with Gasteiger partial charge in [0.05, 0.1) is 30.7 Å². The highest BCUT2D eigenvalue weighted by Crippen LogP contribution is 2.32. The number of cyclic esters (lactones) is 1. The summed E-state index contributed by atoms with van der Waals surface area (Å²) in [6, 6.07) is 10.7. The summed E-state index contributed by atoms with van der Waals surface area (Å²) in [6.07, 6.45) is 0.687. The molecule has 0 aliphatic carbocycles. The molecule has 2 aliphatic heterocycles. The fourth-order valence-electron chi connectivity index (χ4n) is 4.28. The summed E-state index contributed by atoms with van der Waals surface area (Å²) in [5.41, 5.74) is 4.93. The maximum atomic E-state index is 15.1. The second-order valence-corrected chi connectivity index (χ2v) is 8.31. The molecule has 3 aromatic rings. The lowest BCUT2D eigenvalue weighted by molar-refractivity contribution is -0.119. The Balaban J connectivity index is 1.30. The van der Waals surface area contributed by atoms with Crippen LogP contribution in [-0.2, 0) is 29.2 Å². The number of H-pyrrole nitrogens is 1. The Morgan fingerprint density at radius 3 is 2.85 bits per heavy atom. The Labute approximate surface area is 189 Å². The van der Waals surface area contributed by atoms with Crippen LogP contribution in [0.1, 0.15) is 23.7 Å². The van der Waals surface area contributed by atoms with Crippen molar-refractivity contribution in [2.24, 2.45) is 0 Å². The molecule has 0 saturated carbocycles. The molecular weight excluding hydrogens is 427 g/mol. The zero-order chi connectivity index (χ0) is 22.9. The van der Waals surface area contributed by atoms with Gasteiger partial charge in [-0.3, -0.25) is 14.6 Å². The van der Waals surface area contributed by atoms with E-state index in [0.717, 1.165) is 29.9 Å². The lowest BCUT2D eigenvalue weighted by Gasteiger charge is -2.15. The van der Waals surface area contributed by atoms with E-state index in [1.54, 1.807) is 18.3 Å². The van der Waals surface area contributed by atoms with Gasteiger partial charge in [-0.25, -0.2) is 9.18 Å². The molecule has 10 heteroatoms. The number of fused-ring (bicyclic) bond motifs is 1. The molecule has 0 bridgehead atoms. The Kier molecular flexibility index (Phi) is 5.51. The van der Waals surface area contributed by atoms with Gasteiger partial charge in [0.15, 0.2) is 0 Å². The van der Waals surface area contributed by atoms with Crippen molar-refractivity contribution in [2.75, 3.05) is 18.0 Å². The average Bonchev–Trinajstić information content (AvgIpc) is 3.51. The highest BCUT2D eigenvalue weighted by Gasteiger charge is 2.32. The number of hydrogen-bond donors (Lipinski definition) is 2. The number of ether oxygens (including phenoxy) is 1. The maximum Gasteiger partial charge on any atom is 0.414 e. The Morgan fingerprint density at radius 2 is 2.09 bits per heavy atom. The third-order valence-electron chi connectivity index (χ3n) is 5.87. The van der Waals surface area contributed by atoms with Gasteiger partial charge in [-0.05, 0) is 41.0 Å². The summed E-state index contributed by atoms with van der Waals surface area (Å²) in [5, 5.41) is 13.2. The van der Waals surface area contributed by atoms with Crippen molar-refractivity contribution >= 4 is 17.7 Å². The molecule has 33 heavy (non-hydrogen) atoms. The van der Waals surface area contributed by atoms with Crippen molar-refractivity contribution in [2.45, 2.75) is 32.7 Å². The van der Waals surface area contributed by atoms with E-state index in [-0.39, 0.29) is 19.0 Å². The number of aromatic nitrogens is 3. The summed E-state index contributed by atoms with van der Waals surface area (Å²) in [5.74, 6) is -0.612. The topological polar surface area (TPSA) is 103 Å². The van der Waals surface area contributed by atoms with Crippen LogP contribution in [0.2, 0.25) is 0 Å². The van der Waals surface area contributed by atoms with Gasteiger partial charge in [0, 0.05) is 32.1 Å². The molecule has 1 aromatic heterocycles. The van der Waals surface area contributed by atoms with Gasteiger partial charge in [-0.2, -0.15) is 15.4 Å². The van der Waals surface area contributed by atoms with Gasteiger partial charge in [0.1, 0.15) is 11.9 Å². The van der Waals surface area contributed by atoms with Crippen molar-refractivity contribution in [1.29, 1.82) is 0 Å². The fourth-order valence-corrected chi connectivity index (χ4v) is 4.28. The van der Waals surface area contributed by atoms with Crippen molar-refractivity contribution in [3.8, 4) is 11.1 Å². The van der Waals surface area contributed by atoms with Gasteiger partial charge in [-0.1, -0.05) is 12.1 Å². The molecule has 2 N–H and O–H groups in total. The number of rotatable bonds is 6. The number of aromatic amines is 1. The molecule has 2 aliphatic rings. The van der Waals surface area contributed by atoms with Gasteiger partial charge in [0.25, 0.3) is 0 Å². The molecule has 0 spiro atoms. The fraction of sp³-hybridized carbons (Fsp3) is 0.304. The molecule has 1 saturated heterocycles. The van der Waals surface area contributed by atoms with E-state index in [9.17, 15) is 9.59 Å². The minimum atomic E-state index is -0.553. The molecule has 5 rings (SSSR count). The van der Waals surface area contributed by atoms with E-state index < -0.39 is 18.0 Å². The molecule has 170 valence electrons. The predicted octanol–water partition coefficient (Wildman–Crippen LogP) is 2.59. The first-order valence-electron chi connectivity index (χ1n) is 10.7. The quantitative estimate of drug-likeness (QED) is 0.598. The first-order valence-corrected chi connectivity index (χ1v) is 10.7. The second-order valence-electron chi connectivity index (χ2n) is 8.31. The molecule has 0 radical (unpaired) electrons. The number of carbonyl (C=O) groups excluding carboxylic acids is 2. The summed E-state index contributed by atoms with van der Waals surface area (Å²) < 4.78 is 20.3. The number of benzene rings is 2. The van der Waals surface area contributed by atoms with Crippen molar-refractivity contribution in [3.05, 3.63) is 65.2 Å². The van der Waals surface area contributed by atoms with Crippen molar-refractivity contribution < 1.29 is 18.7 Å². The second kappa shape index (κ2) is 8.62. The van der Waals surface area contributed by atoms with Gasteiger partial charge < -0.3 is 10.1 Å². The van der Waals surface area contributed by atoms with E-state index in [4.69, 9.17) is 4.74 Å². The van der Waals surface area contributed by atoms with Crippen LogP contribution >= 0.6 is 0 Å². The lowest BCUT2D eigenvalue weighted by atomic mass is 10.00. The highest BCUT2D eigenvalue weighted by molar-refractivity contribution is 5.90. The molecular formula is C23H23FN6O3. The first-order chi connectivity index (χ1) is 16.0. The summed E-state index contributed by atoms with van der Waals surface area (Å²) in [4.78, 5) is 26.9. The molecule has 9 nitrogen and oxygen atoms in total. The van der Waals surface area contributed by atoms with Gasteiger partial charge in [0.2, 0.25) is 5.91 Å². The molecule has 0 unspecified atom stereocenters. The van der Waals surface area contributed by atoms with Crippen LogP contribution in [0.25, 0.3) is 11.1 Å². The predicted molar refractivity (Wildman–Crippen MR) is 117 cm³/mol. The highest BCUT2D eigenvalue weighted by atomic mass is 19.1. The Morgan fingerprint density at radius 1 is 1.24 bits per heavy atom. The summed E-state index contributed by atoms with van der Waals surface area (Å²) >= 11 is 0. The lowest BCUT2D eigenvalue weighted by Crippen LogP contribution is -2.33. The van der Waals surface area contributed by atoms with Crippen molar-refractivity contribution in [3.63, 3.8) is 0 Å². The minimum absolute atomic E-state index is 0.199. The van der Waals surface area contributed by atoms with E-state index in [0.29, 0.717) is 17.8 Å². The van der Waals surface area contributed by atoms with E-state index in [2.05, 4.69) is 25.6 Å². The Bertz CT molecular complexity index is 1200. The average molecular weight is 450 g/mol. The van der Waals surface area contributed by atoms with E-state index in [1.165, 1.54) is 23.5 Å². The number of halogens is 1. The van der Waals surface area contributed by atoms with E-state index >= 15 is 4.39 Å². The third-order valence-corrected chi connectivity index (χ3v) is 5.87. The molecule has 1 atom stereocenters. The molecule has 2 amide bonds. The van der Waals surface area contributed by atoms with E-state index in [1.807, 2.05) is 18.2 Å². The van der Waals surface area contributed by atoms with Crippen LogP contribution in [0.5, 0.6) is 0 Å². The first kappa shape index (κ1) is 21.1. The summed E-state index contributed by atoms with van der Waals surface area (Å²) in [7, 11) is 0. The molecule has 3 heterocycles. The molecule has 1 fully saturated rings. The number of anilines is 1. The minimum Gasteiger partial charge on any atom is -0.442 e. The normalized spacial score (nSPS) is 17.8. The zero-order valence-corrected chi connectivity index (χ0v) is 18.0. The summed E-state index contributed by atoms with van der Waals surface area (Å²) in [6.45, 7) is 4.12. The smallest absolute Gasteiger partial charge is 0.414 e.